The smallest absolute Gasteiger partial charge is 0.140 e. The molecule has 3 nitrogen and oxygen atoms in total. The Morgan fingerprint density at radius 1 is 1.39 bits per heavy atom. The van der Waals surface area contributed by atoms with Crippen molar-refractivity contribution in [1.29, 1.82) is 0 Å². The summed E-state index contributed by atoms with van der Waals surface area (Å²) in [5.41, 5.74) is 5.86. The molecule has 2 aliphatic heterocycles. The Kier molecular flexibility index (Phi) is 4.73. The Morgan fingerprint density at radius 3 is 2.67 bits per heavy atom. The second-order valence-corrected chi connectivity index (χ2v) is 7.11. The van der Waals surface area contributed by atoms with E-state index in [1.165, 1.54) is 11.5 Å². The lowest BCUT2D eigenvalue weighted by molar-refractivity contribution is -0.141. The van der Waals surface area contributed by atoms with E-state index in [2.05, 4.69) is 0 Å². The molecule has 4 heteroatoms. The van der Waals surface area contributed by atoms with E-state index >= 15 is 0 Å². The third-order valence-corrected chi connectivity index (χ3v) is 5.52. The van der Waals surface area contributed by atoms with Crippen molar-refractivity contribution in [3.8, 4) is 0 Å². The molecule has 0 aliphatic carbocycles. The van der Waals surface area contributed by atoms with Crippen LogP contribution in [0.25, 0.3) is 0 Å². The van der Waals surface area contributed by atoms with Gasteiger partial charge in [0.05, 0.1) is 5.60 Å². The number of hydrogen-bond acceptors (Lipinski definition) is 4. The second kappa shape index (κ2) is 5.93. The molecule has 3 atom stereocenters. The molecule has 0 saturated carbocycles. The number of Topliss-reactive ketones (excluding diaryl/α,β-unsaturated/α-hetero) is 1. The van der Waals surface area contributed by atoms with Crippen LogP contribution in [0.3, 0.4) is 0 Å². The van der Waals surface area contributed by atoms with Crippen molar-refractivity contribution in [2.45, 2.75) is 51.2 Å². The Bertz CT molecular complexity index is 295. The van der Waals surface area contributed by atoms with Gasteiger partial charge >= 0.3 is 0 Å². The minimum atomic E-state index is -0.0433. The molecule has 2 N–H and O–H groups in total. The van der Waals surface area contributed by atoms with Gasteiger partial charge in [-0.05, 0) is 44.1 Å². The topological polar surface area (TPSA) is 52.3 Å². The fourth-order valence-corrected chi connectivity index (χ4v) is 4.23. The summed E-state index contributed by atoms with van der Waals surface area (Å²) in [7, 11) is 0. The number of hydrogen-bond donors (Lipinski definition) is 1. The molecule has 0 aromatic carbocycles. The van der Waals surface area contributed by atoms with Crippen LogP contribution in [0.4, 0.5) is 0 Å². The van der Waals surface area contributed by atoms with Crippen LogP contribution < -0.4 is 5.73 Å². The molecule has 0 aromatic heterocycles. The lowest BCUT2D eigenvalue weighted by Gasteiger charge is -2.43. The number of nitrogens with two attached hydrogens (primary N) is 1. The summed E-state index contributed by atoms with van der Waals surface area (Å²) >= 11 is 2.00. The maximum atomic E-state index is 12.4. The molecule has 3 unspecified atom stereocenters. The van der Waals surface area contributed by atoms with Gasteiger partial charge in [-0.15, -0.1) is 0 Å². The summed E-state index contributed by atoms with van der Waals surface area (Å²) in [6.45, 7) is 4.63. The number of carbonyl (C=O) groups excluding carboxylic acids is 1. The van der Waals surface area contributed by atoms with Gasteiger partial charge < -0.3 is 10.5 Å². The van der Waals surface area contributed by atoms with Crippen LogP contribution in [0.5, 0.6) is 0 Å². The number of carbonyl (C=O) groups is 1. The van der Waals surface area contributed by atoms with Crippen LogP contribution in [0.15, 0.2) is 0 Å². The van der Waals surface area contributed by atoms with Crippen molar-refractivity contribution in [2.75, 3.05) is 18.1 Å². The molecule has 2 fully saturated rings. The molecular formula is C14H25NO2S. The highest BCUT2D eigenvalue weighted by Crippen LogP contribution is 2.40. The lowest BCUT2D eigenvalue weighted by Crippen LogP contribution is -2.46. The van der Waals surface area contributed by atoms with E-state index in [9.17, 15) is 4.79 Å². The summed E-state index contributed by atoms with van der Waals surface area (Å²) in [6, 6.07) is -0.0433. The maximum Gasteiger partial charge on any atom is 0.140 e. The predicted molar refractivity (Wildman–Crippen MR) is 75.8 cm³/mol. The van der Waals surface area contributed by atoms with Crippen LogP contribution in [0, 0.1) is 11.8 Å². The molecule has 0 amide bonds. The highest BCUT2D eigenvalue weighted by atomic mass is 32.2. The fourth-order valence-electron chi connectivity index (χ4n) is 2.99. The minimum Gasteiger partial charge on any atom is -0.375 e. The molecule has 1 spiro atoms. The number of thioether (sulfide) groups is 1. The monoisotopic (exact) mass is 271 g/mol. The van der Waals surface area contributed by atoms with Gasteiger partial charge in [0.15, 0.2) is 0 Å². The van der Waals surface area contributed by atoms with Crippen molar-refractivity contribution in [1.82, 2.24) is 0 Å². The normalized spacial score (nSPS) is 30.9. The second-order valence-electron chi connectivity index (χ2n) is 5.88. The number of ketones is 1. The van der Waals surface area contributed by atoms with Gasteiger partial charge in [0.1, 0.15) is 5.78 Å². The van der Waals surface area contributed by atoms with Crippen molar-refractivity contribution < 1.29 is 9.53 Å². The van der Waals surface area contributed by atoms with Gasteiger partial charge in [-0.2, -0.15) is 11.8 Å². The minimum absolute atomic E-state index is 0.00137. The van der Waals surface area contributed by atoms with Crippen molar-refractivity contribution >= 4 is 17.5 Å². The third kappa shape index (κ3) is 3.09. The van der Waals surface area contributed by atoms with Gasteiger partial charge in [0.25, 0.3) is 0 Å². The van der Waals surface area contributed by atoms with Crippen molar-refractivity contribution in [3.05, 3.63) is 0 Å². The van der Waals surface area contributed by atoms with Gasteiger partial charge in [0, 0.05) is 24.5 Å². The van der Waals surface area contributed by atoms with Crippen LogP contribution in [-0.4, -0.2) is 35.5 Å². The van der Waals surface area contributed by atoms with Gasteiger partial charge in [-0.25, -0.2) is 0 Å². The predicted octanol–water partition coefficient (Wildman–Crippen LogP) is 2.23. The highest BCUT2D eigenvalue weighted by molar-refractivity contribution is 7.99. The van der Waals surface area contributed by atoms with Crippen LogP contribution in [0.2, 0.25) is 0 Å². The Hall–Kier alpha value is -0.0600. The summed E-state index contributed by atoms with van der Waals surface area (Å²) in [5, 5.41) is 0. The average Bonchev–Trinajstić information content (AvgIpc) is 2.38. The molecule has 0 aromatic rings. The zero-order valence-electron chi connectivity index (χ0n) is 11.5. The van der Waals surface area contributed by atoms with Crippen LogP contribution in [-0.2, 0) is 9.53 Å². The highest BCUT2D eigenvalue weighted by Gasteiger charge is 2.41. The Morgan fingerprint density at radius 2 is 2.06 bits per heavy atom. The summed E-state index contributed by atoms with van der Waals surface area (Å²) in [4.78, 5) is 12.4. The van der Waals surface area contributed by atoms with Crippen LogP contribution in [0.1, 0.15) is 39.5 Å². The Balaban J connectivity index is 1.99. The van der Waals surface area contributed by atoms with Gasteiger partial charge in [-0.3, -0.25) is 4.79 Å². The maximum absolute atomic E-state index is 12.4. The molecule has 2 rings (SSSR count). The molecule has 0 radical (unpaired) electrons. The molecule has 18 heavy (non-hydrogen) atoms. The van der Waals surface area contributed by atoms with E-state index in [4.69, 9.17) is 10.5 Å². The summed E-state index contributed by atoms with van der Waals surface area (Å²) in [5.74, 6) is 2.84. The summed E-state index contributed by atoms with van der Waals surface area (Å²) in [6.07, 6.45) is 4.01. The fraction of sp³-hybridized carbons (Fsp3) is 0.929. The zero-order valence-corrected chi connectivity index (χ0v) is 12.3. The largest absolute Gasteiger partial charge is 0.375 e. The van der Waals surface area contributed by atoms with Crippen LogP contribution >= 0.6 is 11.8 Å². The van der Waals surface area contributed by atoms with Gasteiger partial charge in [-0.1, -0.05) is 6.92 Å². The number of ether oxygens (including phenoxy) is 1. The standard InChI is InChI=1S/C14H25NO2S/c1-10(11(2)15)13(16)12-3-6-17-14(9-12)4-7-18-8-5-14/h10-12H,3-9,15H2,1-2H3. The average molecular weight is 271 g/mol. The van der Waals surface area contributed by atoms with E-state index in [1.807, 2.05) is 25.6 Å². The molecule has 2 saturated heterocycles. The first-order valence-electron chi connectivity index (χ1n) is 7.05. The Labute approximate surface area is 114 Å². The number of rotatable bonds is 3. The van der Waals surface area contributed by atoms with E-state index in [0.717, 1.165) is 32.3 Å². The molecule has 2 aliphatic rings. The van der Waals surface area contributed by atoms with Gasteiger partial charge in [0.2, 0.25) is 0 Å². The van der Waals surface area contributed by atoms with E-state index in [1.54, 1.807) is 0 Å². The molecular weight excluding hydrogens is 246 g/mol. The lowest BCUT2D eigenvalue weighted by atomic mass is 9.77. The van der Waals surface area contributed by atoms with Crippen molar-refractivity contribution in [3.63, 3.8) is 0 Å². The summed E-state index contributed by atoms with van der Waals surface area (Å²) < 4.78 is 6.03. The quantitative estimate of drug-likeness (QED) is 0.855. The zero-order chi connectivity index (χ0) is 13.2. The van der Waals surface area contributed by atoms with E-state index < -0.39 is 0 Å². The molecule has 0 bridgehead atoms. The first-order valence-corrected chi connectivity index (χ1v) is 8.20. The van der Waals surface area contributed by atoms with E-state index in [-0.39, 0.29) is 23.5 Å². The first-order chi connectivity index (χ1) is 8.54. The SMILES string of the molecule is CC(N)C(C)C(=O)C1CCOC2(CCSCC2)C1. The van der Waals surface area contributed by atoms with Crippen molar-refractivity contribution in [2.24, 2.45) is 17.6 Å². The third-order valence-electron chi connectivity index (χ3n) is 4.54. The molecule has 2 heterocycles. The first kappa shape index (κ1) is 14.4. The molecule has 104 valence electrons. The van der Waals surface area contributed by atoms with E-state index in [0.29, 0.717) is 5.78 Å².